The molecule has 1 unspecified atom stereocenters. The Morgan fingerprint density at radius 2 is 1.72 bits per heavy atom. The Kier molecular flexibility index (Phi) is 15.1. The number of hydrogen-bond acceptors (Lipinski definition) is 16. The monoisotopic (exact) mass is 945 g/mol. The first kappa shape index (κ1) is 47.1. The van der Waals surface area contributed by atoms with E-state index in [0.29, 0.717) is 99.2 Å². The van der Waals surface area contributed by atoms with Crippen LogP contribution in [0.5, 0.6) is 11.5 Å². The largest absolute Gasteiger partial charge is 0.491 e. The lowest BCUT2D eigenvalue weighted by atomic mass is 10.00. The minimum Gasteiger partial charge on any atom is -0.491 e. The van der Waals surface area contributed by atoms with Crippen molar-refractivity contribution >= 4 is 76.1 Å². The fourth-order valence-corrected chi connectivity index (χ4v) is 8.68. The van der Waals surface area contributed by atoms with Gasteiger partial charge in [0.05, 0.1) is 62.1 Å². The van der Waals surface area contributed by atoms with Crippen LogP contribution in [0.4, 0.5) is 23.1 Å². The van der Waals surface area contributed by atoms with Gasteiger partial charge in [-0.2, -0.15) is 4.98 Å². The maximum atomic E-state index is 13.4. The van der Waals surface area contributed by atoms with Crippen LogP contribution < -0.4 is 35.2 Å². The molecular weight excluding hydrogens is 894 g/mol. The smallest absolute Gasteiger partial charge is 0.262 e. The minimum absolute atomic E-state index is 0.00993. The Balaban J connectivity index is 0.709. The molecule has 4 bridgehead atoms. The van der Waals surface area contributed by atoms with Gasteiger partial charge in [-0.05, 0) is 49.1 Å². The number of anilines is 4. The van der Waals surface area contributed by atoms with Crippen LogP contribution >= 0.6 is 11.6 Å². The molecular formula is C45H52ClN9O12. The number of aromatic nitrogens is 2. The molecule has 1 aromatic heterocycles. The third-order valence-electron chi connectivity index (χ3n) is 12.0. The summed E-state index contributed by atoms with van der Waals surface area (Å²) < 4.78 is 29.1. The van der Waals surface area contributed by atoms with Gasteiger partial charge in [-0.3, -0.25) is 43.8 Å². The SMILES string of the molecule is CN1C(=O)CCc2cc3cc(c21)OCCOC[C@H]1CN(C(=O)CCC(=O)NCCCOCCOCCOc2ccc4c(c2)C(=O)N(C2CCC(=O)NC2=O)C4=O)CCN1c1ncc(Cl)c(n1)N3. The molecule has 2 fully saturated rings. The predicted octanol–water partition coefficient (Wildman–Crippen LogP) is 2.01. The molecule has 0 radical (unpaired) electrons. The highest BCUT2D eigenvalue weighted by atomic mass is 35.5. The van der Waals surface area contributed by atoms with E-state index in [4.69, 9.17) is 40.3 Å². The van der Waals surface area contributed by atoms with E-state index in [0.717, 1.165) is 16.2 Å². The second kappa shape index (κ2) is 21.5. The van der Waals surface area contributed by atoms with E-state index in [2.05, 4.69) is 20.9 Å². The molecule has 67 heavy (non-hydrogen) atoms. The van der Waals surface area contributed by atoms with E-state index in [9.17, 15) is 33.6 Å². The van der Waals surface area contributed by atoms with Gasteiger partial charge in [0.2, 0.25) is 35.5 Å². The molecule has 2 aromatic carbocycles. The maximum absolute atomic E-state index is 13.4. The topological polar surface area (TPSA) is 240 Å². The second-order valence-electron chi connectivity index (χ2n) is 16.5. The van der Waals surface area contributed by atoms with Crippen LogP contribution in [0.25, 0.3) is 0 Å². The number of halogens is 1. The average molecular weight is 946 g/mol. The van der Waals surface area contributed by atoms with Crippen LogP contribution in [0, 0.1) is 0 Å². The maximum Gasteiger partial charge on any atom is 0.262 e. The zero-order valence-corrected chi connectivity index (χ0v) is 37.8. The summed E-state index contributed by atoms with van der Waals surface area (Å²) in [6.45, 7) is 3.71. The normalized spacial score (nSPS) is 19.4. The number of fused-ring (bicyclic) bond motifs is 9. The van der Waals surface area contributed by atoms with Crippen molar-refractivity contribution in [1.82, 2.24) is 30.4 Å². The highest BCUT2D eigenvalue weighted by Gasteiger charge is 2.45. The van der Waals surface area contributed by atoms with Crippen molar-refractivity contribution in [1.29, 1.82) is 0 Å². The van der Waals surface area contributed by atoms with Crippen molar-refractivity contribution in [3.05, 3.63) is 58.2 Å². The summed E-state index contributed by atoms with van der Waals surface area (Å²) in [4.78, 5) is 104. The molecule has 8 rings (SSSR count). The van der Waals surface area contributed by atoms with Crippen molar-refractivity contribution in [3.63, 3.8) is 0 Å². The van der Waals surface area contributed by atoms with Crippen LogP contribution in [0.2, 0.25) is 5.02 Å². The van der Waals surface area contributed by atoms with Gasteiger partial charge >= 0.3 is 0 Å². The first-order valence-corrected chi connectivity index (χ1v) is 22.7. The lowest BCUT2D eigenvalue weighted by Crippen LogP contribution is -2.57. The van der Waals surface area contributed by atoms with E-state index in [1.807, 2.05) is 17.0 Å². The number of carbonyl (C=O) groups is 7. The number of aryl methyl sites for hydroxylation is 1. The summed E-state index contributed by atoms with van der Waals surface area (Å²) in [5.41, 5.74) is 2.69. The van der Waals surface area contributed by atoms with Gasteiger partial charge in [-0.15, -0.1) is 0 Å². The van der Waals surface area contributed by atoms with Crippen LogP contribution in [0.1, 0.15) is 64.8 Å². The molecule has 22 heteroatoms. The predicted molar refractivity (Wildman–Crippen MR) is 240 cm³/mol. The molecule has 356 valence electrons. The summed E-state index contributed by atoms with van der Waals surface area (Å²) in [7, 11) is 1.74. The van der Waals surface area contributed by atoms with Gasteiger partial charge in [-0.25, -0.2) is 4.98 Å². The minimum atomic E-state index is -1.04. The third kappa shape index (κ3) is 11.1. The first-order valence-electron chi connectivity index (χ1n) is 22.3. The molecule has 2 atom stereocenters. The molecule has 7 amide bonds. The number of nitrogens with one attached hydrogen (secondary N) is 3. The van der Waals surface area contributed by atoms with Crippen molar-refractivity contribution in [2.24, 2.45) is 0 Å². The van der Waals surface area contributed by atoms with E-state index in [1.165, 1.54) is 18.3 Å². The number of imide groups is 2. The van der Waals surface area contributed by atoms with Gasteiger partial charge in [0.25, 0.3) is 11.8 Å². The van der Waals surface area contributed by atoms with E-state index in [1.54, 1.807) is 22.9 Å². The zero-order valence-electron chi connectivity index (χ0n) is 37.0. The highest BCUT2D eigenvalue weighted by molar-refractivity contribution is 6.33. The fourth-order valence-electron chi connectivity index (χ4n) is 8.54. The molecule has 3 aromatic rings. The van der Waals surface area contributed by atoms with Crippen molar-refractivity contribution < 1.29 is 57.2 Å². The number of benzene rings is 2. The third-order valence-corrected chi connectivity index (χ3v) is 12.3. The number of carbonyl (C=O) groups excluding carboxylic acids is 7. The lowest BCUT2D eigenvalue weighted by molar-refractivity contribution is -0.136. The molecule has 0 spiro atoms. The van der Waals surface area contributed by atoms with Gasteiger partial charge < -0.3 is 49.0 Å². The second-order valence-corrected chi connectivity index (χ2v) is 16.9. The fraction of sp³-hybridized carbons (Fsp3) is 0.489. The molecule has 5 aliphatic heterocycles. The lowest BCUT2D eigenvalue weighted by Gasteiger charge is -2.41. The van der Waals surface area contributed by atoms with E-state index in [-0.39, 0.29) is 93.6 Å². The molecule has 21 nitrogen and oxygen atoms in total. The molecule has 3 N–H and O–H groups in total. The van der Waals surface area contributed by atoms with Crippen molar-refractivity contribution in [2.75, 3.05) is 101 Å². The average Bonchev–Trinajstić information content (AvgIpc) is 3.56. The van der Waals surface area contributed by atoms with Crippen LogP contribution in [0.3, 0.4) is 0 Å². The van der Waals surface area contributed by atoms with Crippen LogP contribution in [-0.2, 0) is 44.6 Å². The molecule has 0 saturated carbocycles. The Hall–Kier alpha value is -6.42. The molecule has 0 aliphatic carbocycles. The van der Waals surface area contributed by atoms with Crippen LogP contribution in [0.15, 0.2) is 36.5 Å². The molecule has 5 aliphatic rings. The number of amides is 7. The summed E-state index contributed by atoms with van der Waals surface area (Å²) in [5, 5.41) is 8.66. The van der Waals surface area contributed by atoms with Gasteiger partial charge in [0.15, 0.2) is 5.82 Å². The van der Waals surface area contributed by atoms with E-state index >= 15 is 0 Å². The quantitative estimate of drug-likeness (QED) is 0.146. The van der Waals surface area contributed by atoms with Crippen LogP contribution in [-0.4, -0.2) is 159 Å². The summed E-state index contributed by atoms with van der Waals surface area (Å²) >= 11 is 6.57. The number of nitrogens with zero attached hydrogens (tertiary/aromatic N) is 6. The zero-order chi connectivity index (χ0) is 47.0. The number of ether oxygens (including phenoxy) is 5. The first-order chi connectivity index (χ1) is 32.4. The van der Waals surface area contributed by atoms with E-state index < -0.39 is 29.7 Å². The number of piperazine rings is 1. The van der Waals surface area contributed by atoms with Gasteiger partial charge in [-0.1, -0.05) is 11.6 Å². The Morgan fingerprint density at radius 1 is 0.910 bits per heavy atom. The van der Waals surface area contributed by atoms with Gasteiger partial charge in [0.1, 0.15) is 35.8 Å². The van der Waals surface area contributed by atoms with Crippen molar-refractivity contribution in [3.8, 4) is 11.5 Å². The Bertz CT molecular complexity index is 2420. The molecule has 2 saturated heterocycles. The Morgan fingerprint density at radius 3 is 2.55 bits per heavy atom. The van der Waals surface area contributed by atoms with Gasteiger partial charge in [0, 0.05) is 77.3 Å². The standard InChI is InChI=1S/C45H52ClN9O12/c1-52-38(58)9-3-27-21-28-22-35(40(27)52)67-20-18-65-26-29-25-53(12-13-54(29)45-48-24-33(46)41(49-28)51-45)39(59)10-8-36(56)47-11-2-14-63-15-16-64-17-19-66-30-4-5-31-32(23-30)44(62)55(43(31)61)34-6-7-37(57)50-42(34)60/h4-5,21-24,29,34H,2-3,6-20,25-26H2,1H3,(H,47,56)(H,48,49,51)(H,50,57,60)/t29-,34?/m1/s1. The number of hydrogen-bond donors (Lipinski definition) is 3. The number of piperidine rings is 1. The van der Waals surface area contributed by atoms with Crippen molar-refractivity contribution in [2.45, 2.75) is 57.0 Å². The summed E-state index contributed by atoms with van der Waals surface area (Å²) in [5.74, 6) is -0.950. The summed E-state index contributed by atoms with van der Waals surface area (Å²) in [6, 6.07) is 6.95. The highest BCUT2D eigenvalue weighted by Crippen LogP contribution is 2.40. The Labute approximate surface area is 390 Å². The number of rotatable bonds is 15. The summed E-state index contributed by atoms with van der Waals surface area (Å²) in [6.07, 6.45) is 3.27. The molecule has 6 heterocycles.